The number of halogens is 4. The number of sulfone groups is 2. The minimum Gasteiger partial charge on any atom is -0.410 e. The lowest BCUT2D eigenvalue weighted by Crippen LogP contribution is -2.47. The Hall–Kier alpha value is -6.68. The summed E-state index contributed by atoms with van der Waals surface area (Å²) in [5.74, 6) is -2.15. The number of urea groups is 1. The second kappa shape index (κ2) is 23.5. The fourth-order valence-corrected chi connectivity index (χ4v) is 10.2. The Kier molecular flexibility index (Phi) is 18.5. The lowest BCUT2D eigenvalue weighted by Gasteiger charge is -2.35. The average molecular weight is 958 g/mol. The van der Waals surface area contributed by atoms with Crippen LogP contribution < -0.4 is 15.4 Å². The van der Waals surface area contributed by atoms with E-state index in [0.29, 0.717) is 36.3 Å². The number of piperidine rings is 1. The lowest BCUT2D eigenvalue weighted by molar-refractivity contribution is 0.000402. The Morgan fingerprint density at radius 2 is 1.05 bits per heavy atom. The van der Waals surface area contributed by atoms with Gasteiger partial charge in [-0.1, -0.05) is 81.3 Å². The van der Waals surface area contributed by atoms with E-state index in [1.165, 1.54) is 72.2 Å². The molecule has 1 aliphatic heterocycles. The highest BCUT2D eigenvalue weighted by atomic mass is 32.2. The minimum absolute atomic E-state index is 0. The Balaban J connectivity index is 0.000000226. The van der Waals surface area contributed by atoms with Crippen molar-refractivity contribution in [2.75, 3.05) is 23.7 Å². The third-order valence-electron chi connectivity index (χ3n) is 10.3. The molecular weight excluding hydrogens is 911 g/mol. The van der Waals surface area contributed by atoms with Crippen LogP contribution in [0, 0.1) is 11.8 Å². The van der Waals surface area contributed by atoms with E-state index in [1.54, 1.807) is 30.3 Å². The molecule has 22 heteroatoms. The first-order valence-corrected chi connectivity index (χ1v) is 23.0. The number of benzene rings is 3. The Labute approximate surface area is 379 Å². The molecule has 66 heavy (non-hydrogen) atoms. The number of nitrogens with one attached hydrogen (secondary N) is 2. The Morgan fingerprint density at radius 1 is 0.606 bits per heavy atom. The van der Waals surface area contributed by atoms with Crippen molar-refractivity contribution in [1.29, 1.82) is 0 Å². The maximum atomic E-state index is 14.9. The zero-order valence-electron chi connectivity index (χ0n) is 34.4. The third-order valence-corrected chi connectivity index (χ3v) is 14.3. The number of carbonyl (C=O) groups is 4. The summed E-state index contributed by atoms with van der Waals surface area (Å²) in [5.41, 5.74) is 0.416. The molecule has 16 nitrogen and oxygen atoms in total. The van der Waals surface area contributed by atoms with Crippen molar-refractivity contribution in [3.05, 3.63) is 127 Å². The largest absolute Gasteiger partial charge is 0.417 e. The van der Waals surface area contributed by atoms with E-state index in [0.717, 1.165) is 18.6 Å². The third kappa shape index (κ3) is 12.8. The number of nitrogens with zero attached hydrogens (tertiary/aromatic N) is 5. The second-order valence-electron chi connectivity index (χ2n) is 14.6. The van der Waals surface area contributed by atoms with Gasteiger partial charge in [0.05, 0.1) is 46.0 Å². The normalized spacial score (nSPS) is 14.6. The molecule has 7 rings (SSSR count). The number of aldehydes is 2. The molecule has 2 aromatic heterocycles. The van der Waals surface area contributed by atoms with Gasteiger partial charge in [0.25, 0.3) is 0 Å². The van der Waals surface area contributed by atoms with Crippen LogP contribution in [0.1, 0.15) is 73.1 Å². The van der Waals surface area contributed by atoms with Gasteiger partial charge >= 0.3 is 22.6 Å². The van der Waals surface area contributed by atoms with Crippen LogP contribution in [0.5, 0.6) is 5.75 Å². The van der Waals surface area contributed by atoms with Crippen LogP contribution in [0.25, 0.3) is 0 Å². The Morgan fingerprint density at radius 3 is 1.50 bits per heavy atom. The molecule has 2 aliphatic rings. The number of anilines is 2. The van der Waals surface area contributed by atoms with Gasteiger partial charge in [-0.05, 0) is 62.1 Å². The standard InChI is InChI=1S/C18H18F2N4O4S.C14H16F2O3S.C11H9N3O2.CH4/c19-18(20,29(27,28)16-4-2-1-3-13(16)12-25)14-6-9-24(10-7-14)17(26)23-15-5-8-21-22-11-15;15-14(16,12-7-2-1-3-8-12)20(18,19)13-9-5-4-6-11(13)10-17;15-11(14-9-6-7-12-13-8-9)16-10-4-2-1-3-5-10;/h1-5,8,11-12,14H,6-7,9-10H2,(H,21,23,26);4-6,9-10,12H,1-3,7-8H2;1-8H,(H,12,14,15);1H4. The molecule has 3 aromatic carbocycles. The summed E-state index contributed by atoms with van der Waals surface area (Å²) in [4.78, 5) is 45.7. The smallest absolute Gasteiger partial charge is 0.410 e. The fourth-order valence-electron chi connectivity index (χ4n) is 6.91. The molecule has 1 saturated carbocycles. The molecule has 0 atom stereocenters. The zero-order valence-corrected chi connectivity index (χ0v) is 36.0. The van der Waals surface area contributed by atoms with Gasteiger partial charge in [-0.25, -0.2) is 26.4 Å². The first-order valence-electron chi connectivity index (χ1n) is 20.0. The Bertz CT molecular complexity index is 2560. The first-order chi connectivity index (χ1) is 31.0. The summed E-state index contributed by atoms with van der Waals surface area (Å²) in [6, 6.07) is 21.4. The van der Waals surface area contributed by atoms with Crippen molar-refractivity contribution < 1.29 is 58.3 Å². The van der Waals surface area contributed by atoms with E-state index in [9.17, 15) is 53.6 Å². The molecule has 0 spiro atoms. The van der Waals surface area contributed by atoms with Crippen LogP contribution in [-0.2, 0) is 19.7 Å². The molecule has 3 heterocycles. The van der Waals surface area contributed by atoms with Crippen molar-refractivity contribution >= 4 is 55.7 Å². The maximum Gasteiger partial charge on any atom is 0.417 e. The quantitative estimate of drug-likeness (QED) is 0.0934. The van der Waals surface area contributed by atoms with Crippen molar-refractivity contribution in [3.63, 3.8) is 0 Å². The second-order valence-corrected chi connectivity index (χ2v) is 18.5. The van der Waals surface area contributed by atoms with Crippen LogP contribution in [0.2, 0.25) is 0 Å². The molecule has 0 bridgehead atoms. The summed E-state index contributed by atoms with van der Waals surface area (Å²) in [5, 5.41) is 11.6. The number of para-hydroxylation sites is 1. The predicted octanol–water partition coefficient (Wildman–Crippen LogP) is 8.77. The summed E-state index contributed by atoms with van der Waals surface area (Å²) >= 11 is 0. The van der Waals surface area contributed by atoms with E-state index in [4.69, 9.17) is 4.74 Å². The summed E-state index contributed by atoms with van der Waals surface area (Å²) in [7, 11) is -9.91. The molecule has 352 valence electrons. The number of hydrogen-bond acceptors (Lipinski definition) is 13. The van der Waals surface area contributed by atoms with Crippen molar-refractivity contribution in [2.45, 2.75) is 72.7 Å². The summed E-state index contributed by atoms with van der Waals surface area (Å²) < 4.78 is 113. The molecular formula is C44H47F4N7O9S2. The molecule has 3 amide bonds. The topological polar surface area (TPSA) is 225 Å². The van der Waals surface area contributed by atoms with Gasteiger partial charge in [0.1, 0.15) is 5.75 Å². The monoisotopic (exact) mass is 957 g/mol. The van der Waals surface area contributed by atoms with Crippen molar-refractivity contribution in [1.82, 2.24) is 25.3 Å². The number of carbonyl (C=O) groups excluding carboxylic acids is 4. The first kappa shape index (κ1) is 51.9. The van der Waals surface area contributed by atoms with Crippen LogP contribution in [0.15, 0.2) is 126 Å². The van der Waals surface area contributed by atoms with Crippen LogP contribution >= 0.6 is 0 Å². The molecule has 1 saturated heterocycles. The van der Waals surface area contributed by atoms with E-state index in [2.05, 4.69) is 31.0 Å². The van der Waals surface area contributed by atoms with E-state index >= 15 is 0 Å². The molecule has 2 N–H and O–H groups in total. The number of likely N-dealkylation sites (tertiary alicyclic amines) is 1. The lowest BCUT2D eigenvalue weighted by atomic mass is 9.89. The van der Waals surface area contributed by atoms with Gasteiger partial charge in [0.2, 0.25) is 19.7 Å². The van der Waals surface area contributed by atoms with Gasteiger partial charge in [0, 0.05) is 36.1 Å². The molecule has 5 aromatic rings. The summed E-state index contributed by atoms with van der Waals surface area (Å²) in [6.45, 7) is -0.0646. The van der Waals surface area contributed by atoms with Crippen LogP contribution in [0.4, 0.5) is 38.5 Å². The van der Waals surface area contributed by atoms with Crippen LogP contribution in [0.3, 0.4) is 0 Å². The highest BCUT2D eigenvalue weighted by Crippen LogP contribution is 2.44. The molecule has 0 radical (unpaired) electrons. The van der Waals surface area contributed by atoms with E-state index in [1.807, 2.05) is 6.07 Å². The number of hydrogen-bond donors (Lipinski definition) is 2. The number of rotatable bonds is 11. The minimum atomic E-state index is -5.07. The number of amides is 3. The van der Waals surface area contributed by atoms with Gasteiger partial charge in [-0.2, -0.15) is 38.0 Å². The number of alkyl halides is 4. The summed E-state index contributed by atoms with van der Waals surface area (Å²) in [6.07, 6.45) is 7.74. The van der Waals surface area contributed by atoms with E-state index in [-0.39, 0.29) is 63.6 Å². The van der Waals surface area contributed by atoms with Gasteiger partial charge < -0.3 is 15.0 Å². The van der Waals surface area contributed by atoms with E-state index < -0.39 is 63.9 Å². The highest BCUT2D eigenvalue weighted by molar-refractivity contribution is 7.92. The SMILES string of the molecule is C.O=C(Nc1ccnnc1)Oc1ccccc1.O=Cc1ccccc1S(=O)(=O)C(F)(F)C1CCCCC1.O=Cc1ccccc1S(=O)(=O)C(F)(F)C1CCN(C(=O)Nc2ccnnc2)CC1. The van der Waals surface area contributed by atoms with Gasteiger partial charge in [-0.3, -0.25) is 14.9 Å². The number of ether oxygens (including phenoxy) is 1. The van der Waals surface area contributed by atoms with Gasteiger partial charge in [-0.15, -0.1) is 0 Å². The molecule has 0 unspecified atom stereocenters. The van der Waals surface area contributed by atoms with Crippen molar-refractivity contribution in [3.8, 4) is 5.75 Å². The van der Waals surface area contributed by atoms with Crippen LogP contribution in [-0.4, -0.2) is 90.4 Å². The fraction of sp³-hybridized carbons (Fsp3) is 0.318. The van der Waals surface area contributed by atoms with Crippen molar-refractivity contribution in [2.24, 2.45) is 11.8 Å². The molecule has 1 aliphatic carbocycles. The maximum absolute atomic E-state index is 14.9. The zero-order chi connectivity index (χ0) is 47.1. The van der Waals surface area contributed by atoms with Gasteiger partial charge in [0.15, 0.2) is 12.6 Å². The predicted molar refractivity (Wildman–Crippen MR) is 235 cm³/mol. The molecule has 2 fully saturated rings. The average Bonchev–Trinajstić information content (AvgIpc) is 3.33. The highest BCUT2D eigenvalue weighted by Gasteiger charge is 2.54. The number of aromatic nitrogens is 4.